The van der Waals surface area contributed by atoms with Gasteiger partial charge in [-0.15, -0.1) is 0 Å². The van der Waals surface area contributed by atoms with Gasteiger partial charge in [0.25, 0.3) is 0 Å². The van der Waals surface area contributed by atoms with Gasteiger partial charge in [-0.25, -0.2) is 4.98 Å². The maximum atomic E-state index is 5.98. The average Bonchev–Trinajstić information content (AvgIpc) is 2.15. The van der Waals surface area contributed by atoms with Gasteiger partial charge in [0.15, 0.2) is 0 Å². The van der Waals surface area contributed by atoms with E-state index < -0.39 is 0 Å². The van der Waals surface area contributed by atoms with Crippen LogP contribution in [0.4, 0.5) is 0 Å². The number of rotatable bonds is 3. The summed E-state index contributed by atoms with van der Waals surface area (Å²) in [6.45, 7) is 1.88. The largest absolute Gasteiger partial charge is 0.481 e. The van der Waals surface area contributed by atoms with Gasteiger partial charge in [0.05, 0.1) is 17.7 Å². The third-order valence-electron chi connectivity index (χ3n) is 1.66. The maximum Gasteiger partial charge on any atom is 0.221 e. The van der Waals surface area contributed by atoms with Crippen LogP contribution in [0.2, 0.25) is 5.02 Å². The highest BCUT2D eigenvalue weighted by atomic mass is 35.5. The molecule has 1 aromatic heterocycles. The molecule has 2 N–H and O–H groups in total. The van der Waals surface area contributed by atoms with Crippen LogP contribution in [0.5, 0.6) is 5.88 Å². The standard InChI is InChI=1S/C10H13ClN2O/c1-7(12)3-4-8-9(11)5-6-13-10(8)14-2/h3-7H,12H2,1-2H3/b4-3+. The van der Waals surface area contributed by atoms with E-state index in [4.69, 9.17) is 22.1 Å². The fourth-order valence-electron chi connectivity index (χ4n) is 0.993. The Labute approximate surface area is 88.5 Å². The number of pyridine rings is 1. The zero-order chi connectivity index (χ0) is 10.6. The van der Waals surface area contributed by atoms with E-state index in [1.54, 1.807) is 19.4 Å². The number of nitrogens with zero attached hydrogens (tertiary/aromatic N) is 1. The molecular weight excluding hydrogens is 200 g/mol. The zero-order valence-electron chi connectivity index (χ0n) is 8.20. The lowest BCUT2D eigenvalue weighted by Gasteiger charge is -2.05. The second kappa shape index (κ2) is 4.98. The molecule has 0 amide bonds. The number of hydrogen-bond donors (Lipinski definition) is 1. The van der Waals surface area contributed by atoms with Crippen molar-refractivity contribution < 1.29 is 4.74 Å². The summed E-state index contributed by atoms with van der Waals surface area (Å²) in [5.74, 6) is 0.509. The topological polar surface area (TPSA) is 48.1 Å². The number of hydrogen-bond acceptors (Lipinski definition) is 3. The van der Waals surface area contributed by atoms with Crippen LogP contribution in [0.3, 0.4) is 0 Å². The highest BCUT2D eigenvalue weighted by Gasteiger charge is 2.05. The van der Waals surface area contributed by atoms with Crippen LogP contribution in [0, 0.1) is 0 Å². The molecule has 1 atom stereocenters. The molecule has 1 rings (SSSR count). The Morgan fingerprint density at radius 1 is 1.64 bits per heavy atom. The minimum atomic E-state index is -0.0176. The molecule has 0 aliphatic rings. The normalized spacial score (nSPS) is 13.1. The second-order valence-electron chi connectivity index (χ2n) is 2.93. The van der Waals surface area contributed by atoms with Gasteiger partial charge in [0, 0.05) is 12.2 Å². The van der Waals surface area contributed by atoms with Crippen LogP contribution in [0.15, 0.2) is 18.3 Å². The molecule has 3 nitrogen and oxygen atoms in total. The Hall–Kier alpha value is -1.06. The maximum absolute atomic E-state index is 5.98. The highest BCUT2D eigenvalue weighted by Crippen LogP contribution is 2.24. The summed E-state index contributed by atoms with van der Waals surface area (Å²) in [5.41, 5.74) is 6.35. The van der Waals surface area contributed by atoms with E-state index in [0.717, 1.165) is 5.56 Å². The zero-order valence-corrected chi connectivity index (χ0v) is 8.95. The molecule has 76 valence electrons. The van der Waals surface area contributed by atoms with E-state index >= 15 is 0 Å². The number of methoxy groups -OCH3 is 1. The summed E-state index contributed by atoms with van der Waals surface area (Å²) < 4.78 is 5.07. The molecule has 1 aromatic rings. The quantitative estimate of drug-likeness (QED) is 0.835. The van der Waals surface area contributed by atoms with Gasteiger partial charge in [0.1, 0.15) is 0 Å². The van der Waals surface area contributed by atoms with Crippen molar-refractivity contribution >= 4 is 17.7 Å². The van der Waals surface area contributed by atoms with E-state index in [1.807, 2.05) is 19.1 Å². The average molecular weight is 213 g/mol. The van der Waals surface area contributed by atoms with Gasteiger partial charge in [-0.2, -0.15) is 0 Å². The summed E-state index contributed by atoms with van der Waals surface area (Å²) in [5, 5.41) is 0.605. The first-order valence-corrected chi connectivity index (χ1v) is 4.65. The molecule has 0 bridgehead atoms. The van der Waals surface area contributed by atoms with Crippen LogP contribution in [-0.4, -0.2) is 18.1 Å². The van der Waals surface area contributed by atoms with Crippen molar-refractivity contribution in [1.82, 2.24) is 4.98 Å². The van der Waals surface area contributed by atoms with Gasteiger partial charge in [-0.05, 0) is 13.0 Å². The lowest BCUT2D eigenvalue weighted by atomic mass is 10.2. The van der Waals surface area contributed by atoms with E-state index in [0.29, 0.717) is 10.9 Å². The Kier molecular flexibility index (Phi) is 3.92. The van der Waals surface area contributed by atoms with Crippen LogP contribution in [0.25, 0.3) is 6.08 Å². The molecule has 1 unspecified atom stereocenters. The van der Waals surface area contributed by atoms with Crippen molar-refractivity contribution in [3.05, 3.63) is 28.9 Å². The van der Waals surface area contributed by atoms with E-state index in [1.165, 1.54) is 0 Å². The molecule has 0 fully saturated rings. The minimum Gasteiger partial charge on any atom is -0.481 e. The summed E-state index contributed by atoms with van der Waals surface area (Å²) in [6, 6.07) is 1.70. The third-order valence-corrected chi connectivity index (χ3v) is 1.99. The van der Waals surface area contributed by atoms with Gasteiger partial charge in [0.2, 0.25) is 5.88 Å². The van der Waals surface area contributed by atoms with Crippen LogP contribution < -0.4 is 10.5 Å². The Bertz CT molecular complexity index is 337. The Balaban J connectivity index is 3.05. The molecule has 0 saturated heterocycles. The Morgan fingerprint density at radius 2 is 2.36 bits per heavy atom. The molecule has 0 aromatic carbocycles. The molecule has 0 aliphatic heterocycles. The fourth-order valence-corrected chi connectivity index (χ4v) is 1.19. The molecule has 0 radical (unpaired) electrons. The molecule has 4 heteroatoms. The second-order valence-corrected chi connectivity index (χ2v) is 3.34. The molecule has 1 heterocycles. The molecule has 0 spiro atoms. The van der Waals surface area contributed by atoms with Gasteiger partial charge >= 0.3 is 0 Å². The number of aromatic nitrogens is 1. The van der Waals surface area contributed by atoms with Crippen LogP contribution in [0.1, 0.15) is 12.5 Å². The number of nitrogens with two attached hydrogens (primary N) is 1. The smallest absolute Gasteiger partial charge is 0.221 e. The first kappa shape index (κ1) is 11.0. The summed E-state index contributed by atoms with van der Waals surface area (Å²) >= 11 is 5.98. The summed E-state index contributed by atoms with van der Waals surface area (Å²) in [7, 11) is 1.56. The van der Waals surface area contributed by atoms with Crippen molar-refractivity contribution in [2.24, 2.45) is 5.73 Å². The predicted octanol–water partition coefficient (Wildman–Crippen LogP) is 2.10. The SMILES string of the molecule is COc1nccc(Cl)c1/C=C/C(C)N. The minimum absolute atomic E-state index is 0.0176. The summed E-state index contributed by atoms with van der Waals surface area (Å²) in [6.07, 6.45) is 5.26. The number of ether oxygens (including phenoxy) is 1. The predicted molar refractivity (Wildman–Crippen MR) is 58.5 cm³/mol. The van der Waals surface area contributed by atoms with Gasteiger partial charge < -0.3 is 10.5 Å². The Morgan fingerprint density at radius 3 is 2.93 bits per heavy atom. The molecule has 14 heavy (non-hydrogen) atoms. The van der Waals surface area contributed by atoms with Crippen molar-refractivity contribution in [3.63, 3.8) is 0 Å². The monoisotopic (exact) mass is 212 g/mol. The first-order valence-electron chi connectivity index (χ1n) is 4.27. The van der Waals surface area contributed by atoms with Gasteiger partial charge in [-0.1, -0.05) is 23.8 Å². The highest BCUT2D eigenvalue weighted by molar-refractivity contribution is 6.32. The van der Waals surface area contributed by atoms with E-state index in [2.05, 4.69) is 4.98 Å². The van der Waals surface area contributed by atoms with Gasteiger partial charge in [-0.3, -0.25) is 0 Å². The van der Waals surface area contributed by atoms with Crippen LogP contribution >= 0.6 is 11.6 Å². The van der Waals surface area contributed by atoms with E-state index in [-0.39, 0.29) is 6.04 Å². The lowest BCUT2D eigenvalue weighted by Crippen LogP contribution is -2.10. The first-order chi connectivity index (χ1) is 6.65. The fraction of sp³-hybridized carbons (Fsp3) is 0.300. The molecular formula is C10H13ClN2O. The van der Waals surface area contributed by atoms with Crippen LogP contribution in [-0.2, 0) is 0 Å². The van der Waals surface area contributed by atoms with Crippen molar-refractivity contribution in [3.8, 4) is 5.88 Å². The van der Waals surface area contributed by atoms with Crippen molar-refractivity contribution in [2.45, 2.75) is 13.0 Å². The van der Waals surface area contributed by atoms with Crippen molar-refractivity contribution in [2.75, 3.05) is 7.11 Å². The van der Waals surface area contributed by atoms with E-state index in [9.17, 15) is 0 Å². The van der Waals surface area contributed by atoms with Crippen molar-refractivity contribution in [1.29, 1.82) is 0 Å². The third kappa shape index (κ3) is 2.72. The molecule has 0 saturated carbocycles. The molecule has 0 aliphatic carbocycles. The summed E-state index contributed by atoms with van der Waals surface area (Å²) in [4.78, 5) is 4.04. The number of halogens is 1. The lowest BCUT2D eigenvalue weighted by molar-refractivity contribution is 0.397.